The molecular formula is C27H37N5S3. The van der Waals surface area contributed by atoms with Crippen LogP contribution >= 0.6 is 35.7 Å². The van der Waals surface area contributed by atoms with Gasteiger partial charge >= 0.3 is 0 Å². The maximum Gasteiger partial charge on any atom is 0.141 e. The molecule has 0 amide bonds. The molecule has 3 heterocycles. The summed E-state index contributed by atoms with van der Waals surface area (Å²) < 4.78 is 0. The number of benzene rings is 1. The lowest BCUT2D eigenvalue weighted by molar-refractivity contribution is 0.223. The first-order valence-electron chi connectivity index (χ1n) is 11.3. The van der Waals surface area contributed by atoms with Gasteiger partial charge in [0.2, 0.25) is 0 Å². The predicted molar refractivity (Wildman–Crippen MR) is 162 cm³/mol. The maximum atomic E-state index is 7.22. The highest BCUT2D eigenvalue weighted by Gasteiger charge is 2.22. The van der Waals surface area contributed by atoms with Gasteiger partial charge in [-0.1, -0.05) is 33.1 Å². The van der Waals surface area contributed by atoms with Gasteiger partial charge < -0.3 is 15.6 Å². The second-order valence-corrected chi connectivity index (χ2v) is 10.2. The molecule has 0 atom stereocenters. The van der Waals surface area contributed by atoms with E-state index in [1.165, 1.54) is 54.2 Å². The number of thiol groups is 1. The number of rotatable bonds is 6. The van der Waals surface area contributed by atoms with E-state index < -0.39 is 0 Å². The summed E-state index contributed by atoms with van der Waals surface area (Å²) in [6.45, 7) is 9.27. The molecule has 1 fully saturated rings. The third-order valence-electron chi connectivity index (χ3n) is 5.91. The zero-order valence-corrected chi connectivity index (χ0v) is 22.3. The van der Waals surface area contributed by atoms with Crippen molar-refractivity contribution >= 4 is 63.2 Å². The van der Waals surface area contributed by atoms with Crippen LogP contribution in [0.5, 0.6) is 0 Å². The molecular weight excluding hydrogens is 491 g/mol. The Hall–Kier alpha value is -2.26. The van der Waals surface area contributed by atoms with Crippen LogP contribution in [0.4, 0.5) is 5.69 Å². The Labute approximate surface area is 223 Å². The van der Waals surface area contributed by atoms with E-state index in [4.69, 9.17) is 11.1 Å². The van der Waals surface area contributed by atoms with E-state index in [0.717, 1.165) is 17.1 Å². The predicted octanol–water partition coefficient (Wildman–Crippen LogP) is 7.43. The van der Waals surface area contributed by atoms with Crippen molar-refractivity contribution in [3.8, 4) is 0 Å². The zero-order valence-electron chi connectivity index (χ0n) is 19.8. The molecule has 4 N–H and O–H groups in total. The number of likely N-dealkylation sites (tertiary alicyclic amines) is 1. The van der Waals surface area contributed by atoms with Crippen LogP contribution in [0.1, 0.15) is 43.6 Å². The van der Waals surface area contributed by atoms with Crippen LogP contribution in [0.15, 0.2) is 70.5 Å². The number of hydrogen-bond acceptors (Lipinski definition) is 6. The first kappa shape index (κ1) is 29.0. The van der Waals surface area contributed by atoms with Crippen LogP contribution in [-0.2, 0) is 0 Å². The molecule has 0 bridgehead atoms. The molecule has 188 valence electrons. The number of nitrogens with zero attached hydrogens (tertiary/aromatic N) is 2. The number of nitrogens with one attached hydrogen (secondary N) is 2. The summed E-state index contributed by atoms with van der Waals surface area (Å²) >= 11 is 7.01. The number of thioether (sulfide) groups is 1. The van der Waals surface area contributed by atoms with E-state index in [2.05, 4.69) is 59.3 Å². The van der Waals surface area contributed by atoms with E-state index in [0.29, 0.717) is 21.7 Å². The molecule has 0 aliphatic carbocycles. The lowest BCUT2D eigenvalue weighted by Gasteiger charge is -2.30. The van der Waals surface area contributed by atoms with Gasteiger partial charge in [0.15, 0.2) is 0 Å². The van der Waals surface area contributed by atoms with Crippen molar-refractivity contribution in [1.29, 1.82) is 5.41 Å². The number of hydrogen-bond donors (Lipinski definition) is 4. The average Bonchev–Trinajstić information content (AvgIpc) is 3.54. The summed E-state index contributed by atoms with van der Waals surface area (Å²) in [5, 5.41) is 11.0. The standard InChI is InChI=1S/C20H24N4S.C6H9NS2.CH4/c1-2-24-9-7-14(8-10-24)17-13-22-18-6-5-15(12-16(17)18)23-20(21)19-4-3-11-25-19;1-3-4-5(8)6(7)9-2;/h3-6,11-14,22H,2,7-10H2,1H3,(H2,21,23);3-4,7-8H,1H2,2H3;1H4/b;5-4-,7-6?;. The van der Waals surface area contributed by atoms with E-state index in [1.54, 1.807) is 23.5 Å². The van der Waals surface area contributed by atoms with Gasteiger partial charge in [-0.15, -0.1) is 35.7 Å². The average molecular weight is 528 g/mol. The van der Waals surface area contributed by atoms with E-state index >= 15 is 0 Å². The number of piperidine rings is 1. The van der Waals surface area contributed by atoms with Crippen LogP contribution in [0, 0.1) is 5.41 Å². The van der Waals surface area contributed by atoms with Gasteiger partial charge in [0, 0.05) is 22.0 Å². The fourth-order valence-corrected chi connectivity index (χ4v) is 5.29. The summed E-state index contributed by atoms with van der Waals surface area (Å²) in [6, 6.07) is 10.3. The van der Waals surface area contributed by atoms with Gasteiger partial charge in [0.05, 0.1) is 10.6 Å². The Morgan fingerprint density at radius 2 is 2.11 bits per heavy atom. The first-order valence-corrected chi connectivity index (χ1v) is 13.9. The topological polar surface area (TPSA) is 81.3 Å². The fraction of sp³-hybridized carbons (Fsp3) is 0.333. The third-order valence-corrected chi connectivity index (χ3v) is 7.95. The van der Waals surface area contributed by atoms with Crippen molar-refractivity contribution in [3.63, 3.8) is 0 Å². The van der Waals surface area contributed by atoms with E-state index in [-0.39, 0.29) is 7.43 Å². The van der Waals surface area contributed by atoms with Gasteiger partial charge in [-0.05, 0) is 85.9 Å². The number of fused-ring (bicyclic) bond motifs is 1. The normalized spacial score (nSPS) is 15.3. The van der Waals surface area contributed by atoms with Gasteiger partial charge in [-0.3, -0.25) is 5.41 Å². The van der Waals surface area contributed by atoms with Crippen molar-refractivity contribution in [2.75, 3.05) is 25.9 Å². The maximum absolute atomic E-state index is 7.22. The summed E-state index contributed by atoms with van der Waals surface area (Å²) in [4.78, 5) is 12.3. The molecule has 0 radical (unpaired) electrons. The van der Waals surface area contributed by atoms with E-state index in [9.17, 15) is 0 Å². The Bertz CT molecular complexity index is 1150. The van der Waals surface area contributed by atoms with Crippen molar-refractivity contribution in [2.45, 2.75) is 33.1 Å². The summed E-state index contributed by atoms with van der Waals surface area (Å²) in [5.41, 5.74) is 9.68. The van der Waals surface area contributed by atoms with Crippen molar-refractivity contribution in [3.05, 3.63) is 76.0 Å². The minimum absolute atomic E-state index is 0. The number of aromatic amines is 1. The highest BCUT2D eigenvalue weighted by atomic mass is 32.2. The summed E-state index contributed by atoms with van der Waals surface area (Å²) in [5.74, 6) is 1.22. The molecule has 4 rings (SSSR count). The molecule has 3 aromatic rings. The molecule has 0 unspecified atom stereocenters. The summed E-state index contributed by atoms with van der Waals surface area (Å²) in [6.07, 6.45) is 9.80. The van der Waals surface area contributed by atoms with Crippen LogP contribution in [-0.4, -0.2) is 46.7 Å². The van der Waals surface area contributed by atoms with Crippen molar-refractivity contribution in [2.24, 2.45) is 10.7 Å². The number of nitrogens with two attached hydrogens (primary N) is 1. The minimum atomic E-state index is 0. The minimum Gasteiger partial charge on any atom is -0.383 e. The molecule has 1 aliphatic heterocycles. The smallest absolute Gasteiger partial charge is 0.141 e. The quantitative estimate of drug-likeness (QED) is 0.116. The Balaban J connectivity index is 0.000000373. The molecule has 0 saturated carbocycles. The molecule has 1 aliphatic rings. The lowest BCUT2D eigenvalue weighted by atomic mass is 9.89. The molecule has 8 heteroatoms. The molecule has 2 aromatic heterocycles. The number of thiophene rings is 1. The van der Waals surface area contributed by atoms with Crippen LogP contribution < -0.4 is 5.73 Å². The van der Waals surface area contributed by atoms with Gasteiger partial charge in [0.25, 0.3) is 0 Å². The van der Waals surface area contributed by atoms with Gasteiger partial charge in [0.1, 0.15) is 10.9 Å². The van der Waals surface area contributed by atoms with E-state index in [1.807, 2.05) is 29.8 Å². The largest absolute Gasteiger partial charge is 0.383 e. The fourth-order valence-electron chi connectivity index (χ4n) is 4.01. The highest BCUT2D eigenvalue weighted by Crippen LogP contribution is 2.34. The van der Waals surface area contributed by atoms with Crippen LogP contribution in [0.3, 0.4) is 0 Å². The van der Waals surface area contributed by atoms with Crippen LogP contribution in [0.2, 0.25) is 0 Å². The molecule has 35 heavy (non-hydrogen) atoms. The SMILES string of the molecule is C.C=C/C=C(\S)C(=N)SC.CCN1CCC(c2c[nH]c3ccc(N=C(N)c4cccs4)cc23)CC1. The molecule has 0 spiro atoms. The second kappa shape index (κ2) is 14.3. The molecule has 1 aromatic carbocycles. The second-order valence-electron chi connectivity index (χ2n) is 7.98. The van der Waals surface area contributed by atoms with Crippen molar-refractivity contribution in [1.82, 2.24) is 9.88 Å². The number of amidine groups is 1. The summed E-state index contributed by atoms with van der Waals surface area (Å²) in [7, 11) is 0. The molecule has 1 saturated heterocycles. The zero-order chi connectivity index (χ0) is 24.5. The third kappa shape index (κ3) is 7.87. The monoisotopic (exact) mass is 527 g/mol. The Morgan fingerprint density at radius 1 is 1.37 bits per heavy atom. The molecule has 5 nitrogen and oxygen atoms in total. The number of allylic oxidation sites excluding steroid dienone is 2. The number of H-pyrrole nitrogens is 1. The Morgan fingerprint density at radius 3 is 2.71 bits per heavy atom. The number of aromatic nitrogens is 1. The van der Waals surface area contributed by atoms with Gasteiger partial charge in [-0.25, -0.2) is 4.99 Å². The first-order chi connectivity index (χ1) is 16.5. The van der Waals surface area contributed by atoms with Gasteiger partial charge in [-0.2, -0.15) is 0 Å². The Kier molecular flexibility index (Phi) is 11.9. The van der Waals surface area contributed by atoms with Crippen molar-refractivity contribution < 1.29 is 0 Å². The highest BCUT2D eigenvalue weighted by molar-refractivity contribution is 8.15. The van der Waals surface area contributed by atoms with Crippen LogP contribution in [0.25, 0.3) is 10.9 Å². The number of aliphatic imine (C=N–C) groups is 1. The lowest BCUT2D eigenvalue weighted by Crippen LogP contribution is -2.32.